The van der Waals surface area contributed by atoms with E-state index in [2.05, 4.69) is 13.5 Å². The Hall–Kier alpha value is -1.63. The van der Waals surface area contributed by atoms with Crippen LogP contribution in [0.15, 0.2) is 30.5 Å². The zero-order chi connectivity index (χ0) is 20.7. The number of carbonyl (C=O) groups is 1. The Balaban J connectivity index is 1.79. The van der Waals surface area contributed by atoms with E-state index in [-0.39, 0.29) is 17.6 Å². The number of hydrogen-bond donors (Lipinski definition) is 0. The molecule has 4 atom stereocenters. The lowest BCUT2D eigenvalue weighted by Gasteiger charge is -2.50. The molecule has 0 bridgehead atoms. The Kier molecular flexibility index (Phi) is 5.76. The van der Waals surface area contributed by atoms with E-state index in [1.807, 2.05) is 19.1 Å². The van der Waals surface area contributed by atoms with Gasteiger partial charge < -0.3 is 8.92 Å². The van der Waals surface area contributed by atoms with Crippen molar-refractivity contribution in [1.29, 1.82) is 0 Å². The minimum Gasteiger partial charge on any atom is -0.465 e. The number of esters is 1. The molecule has 0 amide bonds. The third kappa shape index (κ3) is 3.91. The lowest BCUT2D eigenvalue weighted by atomic mass is 9.54. The highest BCUT2D eigenvalue weighted by molar-refractivity contribution is 7.95. The van der Waals surface area contributed by atoms with Crippen LogP contribution in [0, 0.1) is 17.3 Å². The van der Waals surface area contributed by atoms with Gasteiger partial charge in [-0.05, 0) is 66.7 Å². The van der Waals surface area contributed by atoms with E-state index in [1.54, 1.807) is 6.07 Å². The number of fused-ring (bicyclic) bond motifs is 3. The maximum Gasteiger partial charge on any atom is 0.479 e. The van der Waals surface area contributed by atoms with Crippen LogP contribution >= 0.6 is 12.0 Å². The Morgan fingerprint density at radius 3 is 2.68 bits per heavy atom. The quantitative estimate of drug-likeness (QED) is 0.331. The van der Waals surface area contributed by atoms with Gasteiger partial charge in [0.15, 0.2) is 12.0 Å². The Bertz CT molecular complexity index is 777. The van der Waals surface area contributed by atoms with Crippen LogP contribution in [0.25, 0.3) is 0 Å². The second kappa shape index (κ2) is 7.65. The molecule has 4 unspecified atom stereocenters. The smallest absolute Gasteiger partial charge is 0.465 e. The minimum atomic E-state index is -4.44. The molecule has 0 aromatic heterocycles. The Morgan fingerprint density at radius 1 is 1.32 bits per heavy atom. The number of halogens is 3. The first-order valence-corrected chi connectivity index (χ1v) is 10.1. The Labute approximate surface area is 167 Å². The van der Waals surface area contributed by atoms with Gasteiger partial charge in [0.2, 0.25) is 0 Å². The molecule has 3 rings (SSSR count). The summed E-state index contributed by atoms with van der Waals surface area (Å²) in [6, 6.07) is 5.73. The molecule has 154 valence electrons. The molecule has 2 aliphatic carbocycles. The van der Waals surface area contributed by atoms with Crippen molar-refractivity contribution in [3.63, 3.8) is 0 Å². The van der Waals surface area contributed by atoms with Crippen molar-refractivity contribution in [2.24, 2.45) is 17.3 Å². The first kappa shape index (κ1) is 21.1. The van der Waals surface area contributed by atoms with Crippen molar-refractivity contribution in [1.82, 2.24) is 0 Å². The van der Waals surface area contributed by atoms with Crippen LogP contribution in [0.5, 0.6) is 0 Å². The van der Waals surface area contributed by atoms with Gasteiger partial charge in [0.05, 0.1) is 12.7 Å². The second-order valence-corrected chi connectivity index (χ2v) is 8.79. The van der Waals surface area contributed by atoms with Crippen LogP contribution < -0.4 is 0 Å². The number of methoxy groups -OCH3 is 1. The van der Waals surface area contributed by atoms with Gasteiger partial charge in [0.25, 0.3) is 0 Å². The summed E-state index contributed by atoms with van der Waals surface area (Å²) in [6.07, 6.45) is 3.34. The van der Waals surface area contributed by atoms with Gasteiger partial charge >= 0.3 is 11.5 Å². The van der Waals surface area contributed by atoms with Crippen LogP contribution in [0.3, 0.4) is 0 Å². The summed E-state index contributed by atoms with van der Waals surface area (Å²) in [4.78, 5) is 11.8. The van der Waals surface area contributed by atoms with Crippen molar-refractivity contribution in [2.75, 3.05) is 7.11 Å². The number of alkyl halides is 3. The molecule has 0 heterocycles. The summed E-state index contributed by atoms with van der Waals surface area (Å²) in [5.74, 6) is 0.673. The fourth-order valence-corrected chi connectivity index (χ4v) is 5.28. The van der Waals surface area contributed by atoms with E-state index in [0.717, 1.165) is 19.3 Å². The summed E-state index contributed by atoms with van der Waals surface area (Å²) >= 11 is -0.483. The molecule has 0 saturated heterocycles. The first-order valence-electron chi connectivity index (χ1n) is 9.39. The van der Waals surface area contributed by atoms with Gasteiger partial charge in [-0.3, -0.25) is 0 Å². The van der Waals surface area contributed by atoms with Crippen molar-refractivity contribution in [2.45, 2.75) is 51.0 Å². The third-order valence-corrected chi connectivity index (χ3v) is 7.20. The predicted octanol–water partition coefficient (Wildman–Crippen LogP) is 6.25. The lowest BCUT2D eigenvalue weighted by molar-refractivity contribution is -0.0404. The molecule has 2 aliphatic rings. The summed E-state index contributed by atoms with van der Waals surface area (Å²) in [6.45, 7) is 7.89. The molecule has 3 nitrogen and oxygen atoms in total. The van der Waals surface area contributed by atoms with Gasteiger partial charge in [-0.1, -0.05) is 26.5 Å². The van der Waals surface area contributed by atoms with Gasteiger partial charge in [0, 0.05) is 5.41 Å². The molecular formula is C21H25F3O3S. The van der Waals surface area contributed by atoms with Crippen LogP contribution in [-0.4, -0.2) is 18.6 Å². The summed E-state index contributed by atoms with van der Waals surface area (Å²) < 4.78 is 47.3. The van der Waals surface area contributed by atoms with E-state index in [9.17, 15) is 18.0 Å². The van der Waals surface area contributed by atoms with Crippen LogP contribution in [-0.2, 0) is 15.3 Å². The van der Waals surface area contributed by atoms with Crippen LogP contribution in [0.4, 0.5) is 13.2 Å². The van der Waals surface area contributed by atoms with Crippen molar-refractivity contribution < 1.29 is 26.9 Å². The average Bonchev–Trinajstić information content (AvgIpc) is 2.66. The highest BCUT2D eigenvalue weighted by atomic mass is 32.2. The largest absolute Gasteiger partial charge is 0.479 e. The fraction of sp³-hybridized carbons (Fsp3) is 0.571. The number of benzene rings is 1. The summed E-state index contributed by atoms with van der Waals surface area (Å²) in [5, 5.41) is 0. The van der Waals surface area contributed by atoms with Crippen molar-refractivity contribution in [3.05, 3.63) is 47.2 Å². The zero-order valence-electron chi connectivity index (χ0n) is 16.3. The fourth-order valence-electron chi connectivity index (χ4n) is 4.89. The van der Waals surface area contributed by atoms with E-state index in [1.165, 1.54) is 18.2 Å². The van der Waals surface area contributed by atoms with Crippen molar-refractivity contribution >= 4 is 18.0 Å². The van der Waals surface area contributed by atoms with Gasteiger partial charge in [-0.2, -0.15) is 13.2 Å². The Morgan fingerprint density at radius 2 is 2.04 bits per heavy atom. The number of ether oxygens (including phenoxy) is 1. The molecule has 1 aromatic carbocycles. The molecule has 0 N–H and O–H groups in total. The number of hydrogen-bond acceptors (Lipinski definition) is 4. The normalized spacial score (nSPS) is 29.4. The summed E-state index contributed by atoms with van der Waals surface area (Å²) in [7, 11) is 1.37. The third-order valence-electron chi connectivity index (χ3n) is 6.72. The van der Waals surface area contributed by atoms with Gasteiger partial charge in [-0.25, -0.2) is 4.79 Å². The molecule has 28 heavy (non-hydrogen) atoms. The number of aryl methyl sites for hydroxylation is 1. The molecule has 1 fully saturated rings. The average molecular weight is 414 g/mol. The topological polar surface area (TPSA) is 35.5 Å². The van der Waals surface area contributed by atoms with E-state index >= 15 is 0 Å². The zero-order valence-corrected chi connectivity index (χ0v) is 17.1. The monoisotopic (exact) mass is 414 g/mol. The molecule has 0 aliphatic heterocycles. The van der Waals surface area contributed by atoms with Gasteiger partial charge in [0.1, 0.15) is 5.76 Å². The number of rotatable bonds is 4. The molecular weight excluding hydrogens is 389 g/mol. The second-order valence-electron chi connectivity index (χ2n) is 7.99. The molecule has 0 radical (unpaired) electrons. The van der Waals surface area contributed by atoms with Crippen LogP contribution in [0.2, 0.25) is 0 Å². The van der Waals surface area contributed by atoms with Crippen LogP contribution in [0.1, 0.15) is 60.5 Å². The lowest BCUT2D eigenvalue weighted by Crippen LogP contribution is -2.42. The first-order chi connectivity index (χ1) is 13.1. The van der Waals surface area contributed by atoms with E-state index in [4.69, 9.17) is 8.92 Å². The molecule has 1 aromatic rings. The van der Waals surface area contributed by atoms with E-state index < -0.39 is 23.0 Å². The van der Waals surface area contributed by atoms with E-state index in [0.29, 0.717) is 23.8 Å². The minimum absolute atomic E-state index is 0.140. The molecule has 0 spiro atoms. The SMILES string of the molecule is C=C(OSC(F)(F)F)C1(C)CCC2c3ccc(C(=O)OC)cc3CCC2C1C. The standard InChI is InChI=1S/C21H25F3O3S/c1-12-16-7-5-14-11-15(19(25)26-4)6-8-17(14)18(16)9-10-20(12,3)13(2)27-28-21(22,23)24/h6,8,11-12,16,18H,2,5,7,9-10H2,1,3-4H3. The number of carbonyl (C=O) groups excluding carboxylic acids is 1. The number of allylic oxidation sites excluding steroid dienone is 1. The van der Waals surface area contributed by atoms with Gasteiger partial charge in [-0.15, -0.1) is 0 Å². The summed E-state index contributed by atoms with van der Waals surface area (Å²) in [5.41, 5.74) is -1.97. The maximum atomic E-state index is 12.5. The molecule has 1 saturated carbocycles. The maximum absolute atomic E-state index is 12.5. The highest BCUT2D eigenvalue weighted by Gasteiger charge is 2.49. The predicted molar refractivity (Wildman–Crippen MR) is 103 cm³/mol. The molecule has 7 heteroatoms. The van der Waals surface area contributed by atoms with Crippen molar-refractivity contribution in [3.8, 4) is 0 Å². The highest BCUT2D eigenvalue weighted by Crippen LogP contribution is 2.57.